The number of hydrogen-bond acceptors (Lipinski definition) is 9. The summed E-state index contributed by atoms with van der Waals surface area (Å²) >= 11 is 0. The molecule has 1 saturated heterocycles. The van der Waals surface area contributed by atoms with E-state index in [1.165, 1.54) is 20.8 Å². The number of nitrogens with zero attached hydrogens (tertiary/aromatic N) is 1. The summed E-state index contributed by atoms with van der Waals surface area (Å²) in [6.07, 6.45) is 0.277. The van der Waals surface area contributed by atoms with Crippen molar-refractivity contribution < 1.29 is 33.3 Å². The van der Waals surface area contributed by atoms with Crippen molar-refractivity contribution in [1.29, 1.82) is 0 Å². The van der Waals surface area contributed by atoms with Gasteiger partial charge in [-0.3, -0.25) is 14.4 Å². The summed E-state index contributed by atoms with van der Waals surface area (Å²) in [5, 5.41) is 2.93. The lowest BCUT2D eigenvalue weighted by molar-refractivity contribution is -0.188. The molecule has 0 spiro atoms. The average Bonchev–Trinajstić information content (AvgIpc) is 2.51. The molecule has 0 aliphatic carbocycles. The zero-order valence-corrected chi connectivity index (χ0v) is 13.5. The van der Waals surface area contributed by atoms with Gasteiger partial charge in [0, 0.05) is 26.7 Å². The SMILES string of the molecule is CC(=O)OCC(C)(COC(C)=O)C(=O)OC1(N=O)CCOCC1. The zero-order valence-electron chi connectivity index (χ0n) is 13.5. The van der Waals surface area contributed by atoms with E-state index in [-0.39, 0.29) is 39.3 Å². The fraction of sp³-hybridized carbons (Fsp3) is 0.786. The van der Waals surface area contributed by atoms with Crippen molar-refractivity contribution in [2.75, 3.05) is 26.4 Å². The van der Waals surface area contributed by atoms with Gasteiger partial charge in [0.05, 0.1) is 13.2 Å². The lowest BCUT2D eigenvalue weighted by Crippen LogP contribution is -2.46. The normalized spacial score (nSPS) is 17.0. The quantitative estimate of drug-likeness (QED) is 0.384. The van der Waals surface area contributed by atoms with Gasteiger partial charge in [-0.1, -0.05) is 0 Å². The van der Waals surface area contributed by atoms with Gasteiger partial charge < -0.3 is 18.9 Å². The van der Waals surface area contributed by atoms with Crippen molar-refractivity contribution in [3.05, 3.63) is 4.91 Å². The first-order chi connectivity index (χ1) is 10.7. The van der Waals surface area contributed by atoms with E-state index in [1.807, 2.05) is 0 Å². The molecule has 1 aliphatic heterocycles. The van der Waals surface area contributed by atoms with Gasteiger partial charge in [0.1, 0.15) is 18.6 Å². The van der Waals surface area contributed by atoms with Crippen LogP contribution in [0.5, 0.6) is 0 Å². The minimum Gasteiger partial charge on any atom is -0.465 e. The molecule has 0 saturated carbocycles. The lowest BCUT2D eigenvalue weighted by Gasteiger charge is -2.34. The van der Waals surface area contributed by atoms with Crippen LogP contribution >= 0.6 is 0 Å². The number of ether oxygens (including phenoxy) is 4. The molecule has 1 heterocycles. The van der Waals surface area contributed by atoms with Crippen molar-refractivity contribution in [3.63, 3.8) is 0 Å². The highest BCUT2D eigenvalue weighted by Crippen LogP contribution is 2.31. The molecule has 0 unspecified atom stereocenters. The Balaban J connectivity index is 2.85. The Morgan fingerprint density at radius 1 is 1.09 bits per heavy atom. The molecule has 0 aromatic rings. The summed E-state index contributed by atoms with van der Waals surface area (Å²) in [5.74, 6) is -2.02. The summed E-state index contributed by atoms with van der Waals surface area (Å²) in [4.78, 5) is 45.6. The summed E-state index contributed by atoms with van der Waals surface area (Å²) in [6.45, 7) is 3.57. The molecule has 0 atom stereocenters. The number of carbonyl (C=O) groups excluding carboxylic acids is 3. The highest BCUT2D eigenvalue weighted by Gasteiger charge is 2.45. The maximum Gasteiger partial charge on any atom is 0.321 e. The average molecular weight is 331 g/mol. The van der Waals surface area contributed by atoms with Gasteiger partial charge in [-0.25, -0.2) is 0 Å². The van der Waals surface area contributed by atoms with Gasteiger partial charge in [0.2, 0.25) is 5.72 Å². The number of carbonyl (C=O) groups is 3. The van der Waals surface area contributed by atoms with Crippen molar-refractivity contribution in [2.24, 2.45) is 10.6 Å². The van der Waals surface area contributed by atoms with E-state index in [0.29, 0.717) is 0 Å². The molecule has 0 radical (unpaired) electrons. The molecule has 0 aromatic heterocycles. The molecule has 9 heteroatoms. The van der Waals surface area contributed by atoms with E-state index in [9.17, 15) is 19.3 Å². The van der Waals surface area contributed by atoms with Crippen LogP contribution in [0.3, 0.4) is 0 Å². The third kappa shape index (κ3) is 5.59. The predicted octanol–water partition coefficient (Wildman–Crippen LogP) is 0.935. The summed E-state index contributed by atoms with van der Waals surface area (Å²) < 4.78 is 20.1. The first-order valence-corrected chi connectivity index (χ1v) is 7.15. The zero-order chi connectivity index (χ0) is 17.5. The fourth-order valence-corrected chi connectivity index (χ4v) is 1.88. The first-order valence-electron chi connectivity index (χ1n) is 7.15. The van der Waals surface area contributed by atoms with Crippen LogP contribution in [-0.2, 0) is 33.3 Å². The molecule has 1 rings (SSSR count). The van der Waals surface area contributed by atoms with E-state index < -0.39 is 29.0 Å². The largest absolute Gasteiger partial charge is 0.465 e. The van der Waals surface area contributed by atoms with Gasteiger partial charge in [-0.15, -0.1) is 4.91 Å². The monoisotopic (exact) mass is 331 g/mol. The molecule has 0 amide bonds. The third-order valence-corrected chi connectivity index (χ3v) is 3.40. The Morgan fingerprint density at radius 2 is 1.57 bits per heavy atom. The number of rotatable bonds is 7. The maximum absolute atomic E-state index is 12.5. The van der Waals surface area contributed by atoms with Crippen LogP contribution in [-0.4, -0.2) is 50.1 Å². The number of nitroso groups, excluding NO2 is 1. The Morgan fingerprint density at radius 3 is 1.96 bits per heavy atom. The third-order valence-electron chi connectivity index (χ3n) is 3.40. The van der Waals surface area contributed by atoms with Crippen molar-refractivity contribution in [1.82, 2.24) is 0 Å². The Bertz CT molecular complexity index is 451. The van der Waals surface area contributed by atoms with Gasteiger partial charge in [0.25, 0.3) is 0 Å². The topological polar surface area (TPSA) is 118 Å². The van der Waals surface area contributed by atoms with Crippen LogP contribution in [0.4, 0.5) is 0 Å². The van der Waals surface area contributed by atoms with Crippen LogP contribution in [0.2, 0.25) is 0 Å². The lowest BCUT2D eigenvalue weighted by atomic mass is 9.92. The van der Waals surface area contributed by atoms with E-state index in [4.69, 9.17) is 18.9 Å². The first kappa shape index (κ1) is 19.0. The standard InChI is InChI=1S/C14H21NO8/c1-10(16)21-8-13(3,9-22-11(2)17)12(18)23-14(15-19)4-6-20-7-5-14/h4-9H2,1-3H3. The number of hydrogen-bond donors (Lipinski definition) is 0. The second-order valence-electron chi connectivity index (χ2n) is 5.66. The molecular formula is C14H21NO8. The molecule has 0 N–H and O–H groups in total. The molecule has 0 aromatic carbocycles. The fourth-order valence-electron chi connectivity index (χ4n) is 1.88. The molecular weight excluding hydrogens is 310 g/mol. The van der Waals surface area contributed by atoms with Gasteiger partial charge >= 0.3 is 17.9 Å². The predicted molar refractivity (Wildman–Crippen MR) is 76.0 cm³/mol. The summed E-state index contributed by atoms with van der Waals surface area (Å²) in [7, 11) is 0. The van der Waals surface area contributed by atoms with Crippen LogP contribution in [0.1, 0.15) is 33.6 Å². The van der Waals surface area contributed by atoms with Crippen molar-refractivity contribution in [2.45, 2.75) is 39.3 Å². The summed E-state index contributed by atoms with van der Waals surface area (Å²) in [6, 6.07) is 0. The van der Waals surface area contributed by atoms with Gasteiger partial charge in [0.15, 0.2) is 0 Å². The Labute approximate surface area is 133 Å². The van der Waals surface area contributed by atoms with E-state index in [2.05, 4.69) is 5.18 Å². The smallest absolute Gasteiger partial charge is 0.321 e. The number of esters is 3. The minimum absolute atomic E-state index is 0.138. The van der Waals surface area contributed by atoms with Crippen LogP contribution < -0.4 is 0 Å². The van der Waals surface area contributed by atoms with E-state index in [0.717, 1.165) is 0 Å². The molecule has 1 fully saturated rings. The molecule has 1 aliphatic rings. The second kappa shape index (κ2) is 8.00. The second-order valence-corrected chi connectivity index (χ2v) is 5.66. The molecule has 0 bridgehead atoms. The Hall–Kier alpha value is -2.03. The summed E-state index contributed by atoms with van der Waals surface area (Å²) in [5.41, 5.74) is -2.95. The highest BCUT2D eigenvalue weighted by atomic mass is 16.6. The Kier molecular flexibility index (Phi) is 6.62. The van der Waals surface area contributed by atoms with Gasteiger partial charge in [-0.05, 0) is 12.1 Å². The van der Waals surface area contributed by atoms with Crippen LogP contribution in [0.15, 0.2) is 5.18 Å². The van der Waals surface area contributed by atoms with E-state index in [1.54, 1.807) is 0 Å². The molecule has 9 nitrogen and oxygen atoms in total. The maximum atomic E-state index is 12.5. The molecule has 23 heavy (non-hydrogen) atoms. The van der Waals surface area contributed by atoms with Crippen LogP contribution in [0.25, 0.3) is 0 Å². The molecule has 130 valence electrons. The van der Waals surface area contributed by atoms with Gasteiger partial charge in [-0.2, -0.15) is 0 Å². The minimum atomic E-state index is -1.51. The van der Waals surface area contributed by atoms with Crippen molar-refractivity contribution >= 4 is 17.9 Å². The van der Waals surface area contributed by atoms with Crippen molar-refractivity contribution in [3.8, 4) is 0 Å². The highest BCUT2D eigenvalue weighted by molar-refractivity contribution is 5.78. The van der Waals surface area contributed by atoms with E-state index >= 15 is 0 Å². The van der Waals surface area contributed by atoms with Crippen LogP contribution in [0, 0.1) is 10.3 Å².